The number of benzene rings is 1. The quantitative estimate of drug-likeness (QED) is 0.867. The van der Waals surface area contributed by atoms with Crippen LogP contribution in [-0.4, -0.2) is 26.1 Å². The number of nitrogens with one attached hydrogen (secondary N) is 1. The van der Waals surface area contributed by atoms with Crippen molar-refractivity contribution in [3.8, 4) is 0 Å². The lowest BCUT2D eigenvalue weighted by Gasteiger charge is -2.07. The molecule has 2 rings (SSSR count). The van der Waals surface area contributed by atoms with E-state index < -0.39 is 17.5 Å². The highest BCUT2D eigenvalue weighted by Gasteiger charge is 2.11. The van der Waals surface area contributed by atoms with Gasteiger partial charge in [-0.05, 0) is 32.4 Å². The highest BCUT2D eigenvalue weighted by Crippen LogP contribution is 2.23. The fraction of sp³-hybridized carbons (Fsp3) is 0.111. The molecule has 18 heavy (non-hydrogen) atoms. The van der Waals surface area contributed by atoms with Gasteiger partial charge in [0.25, 0.3) is 0 Å². The summed E-state index contributed by atoms with van der Waals surface area (Å²) in [6.07, 6.45) is 1.23. The molecule has 0 atom stereocenters. The van der Waals surface area contributed by atoms with Crippen molar-refractivity contribution < 1.29 is 13.6 Å². The van der Waals surface area contributed by atoms with Gasteiger partial charge in [0.05, 0.1) is 10.2 Å². The molecule has 1 aromatic heterocycles. The van der Waals surface area contributed by atoms with Gasteiger partial charge in [0.2, 0.25) is 5.91 Å². The molecule has 1 heterocycles. The van der Waals surface area contributed by atoms with Crippen molar-refractivity contribution in [3.05, 3.63) is 34.6 Å². The second-order valence-corrected chi connectivity index (χ2v) is 4.16. The normalized spacial score (nSPS) is 10.4. The number of anilines is 1. The molecule has 6 nitrogen and oxygen atoms in total. The number of tetrazole rings is 1. The molecule has 0 spiro atoms. The van der Waals surface area contributed by atoms with Gasteiger partial charge in [-0.25, -0.2) is 13.5 Å². The standard InChI is InChI=1S/C9H6BrF2N5O/c10-5-1-7(12)8(2-6(5)11)14-9(18)3-17-4-13-15-16-17/h1-2,4H,3H2,(H,14,18). The minimum Gasteiger partial charge on any atom is -0.322 e. The number of aromatic nitrogens is 4. The average molecular weight is 318 g/mol. The van der Waals surface area contributed by atoms with Crippen LogP contribution in [0.25, 0.3) is 0 Å². The summed E-state index contributed by atoms with van der Waals surface area (Å²) in [5, 5.41) is 12.4. The maximum atomic E-state index is 13.4. The van der Waals surface area contributed by atoms with Crippen LogP contribution in [0.4, 0.5) is 14.5 Å². The van der Waals surface area contributed by atoms with Crippen LogP contribution in [0.5, 0.6) is 0 Å². The minimum atomic E-state index is -0.742. The number of carbonyl (C=O) groups excluding carboxylic acids is 1. The Morgan fingerprint density at radius 3 is 2.83 bits per heavy atom. The van der Waals surface area contributed by atoms with E-state index in [1.807, 2.05) is 0 Å². The summed E-state index contributed by atoms with van der Waals surface area (Å²) < 4.78 is 27.7. The van der Waals surface area contributed by atoms with Gasteiger partial charge < -0.3 is 5.32 Å². The van der Waals surface area contributed by atoms with E-state index in [9.17, 15) is 13.6 Å². The monoisotopic (exact) mass is 317 g/mol. The zero-order valence-corrected chi connectivity index (χ0v) is 10.4. The zero-order chi connectivity index (χ0) is 13.1. The Kier molecular flexibility index (Phi) is 3.60. The topological polar surface area (TPSA) is 72.7 Å². The van der Waals surface area contributed by atoms with Gasteiger partial charge in [-0.2, -0.15) is 0 Å². The van der Waals surface area contributed by atoms with Crippen LogP contribution < -0.4 is 5.32 Å². The maximum absolute atomic E-state index is 13.4. The van der Waals surface area contributed by atoms with Crippen molar-refractivity contribution >= 4 is 27.5 Å². The molecule has 0 aliphatic heterocycles. The second-order valence-electron chi connectivity index (χ2n) is 3.30. The van der Waals surface area contributed by atoms with Crippen LogP contribution in [0.3, 0.4) is 0 Å². The summed E-state index contributed by atoms with van der Waals surface area (Å²) in [5.74, 6) is -1.98. The van der Waals surface area contributed by atoms with Gasteiger partial charge >= 0.3 is 0 Å². The number of nitrogens with zero attached hydrogens (tertiary/aromatic N) is 4. The average Bonchev–Trinajstić information content (AvgIpc) is 2.78. The third kappa shape index (κ3) is 2.86. The van der Waals surface area contributed by atoms with Crippen LogP contribution in [0.1, 0.15) is 0 Å². The first kappa shape index (κ1) is 12.6. The van der Waals surface area contributed by atoms with E-state index >= 15 is 0 Å². The molecule has 0 fully saturated rings. The van der Waals surface area contributed by atoms with E-state index in [1.165, 1.54) is 6.33 Å². The highest BCUT2D eigenvalue weighted by atomic mass is 79.9. The largest absolute Gasteiger partial charge is 0.322 e. The molecule has 1 aromatic carbocycles. The van der Waals surface area contributed by atoms with E-state index in [0.717, 1.165) is 16.8 Å². The van der Waals surface area contributed by atoms with Crippen LogP contribution in [0, 0.1) is 11.6 Å². The smallest absolute Gasteiger partial charge is 0.246 e. The summed E-state index contributed by atoms with van der Waals surface area (Å²) in [6.45, 7) is -0.190. The zero-order valence-electron chi connectivity index (χ0n) is 8.77. The van der Waals surface area contributed by atoms with Crippen LogP contribution >= 0.6 is 15.9 Å². The predicted octanol–water partition coefficient (Wildman–Crippen LogP) is 1.35. The molecule has 0 saturated carbocycles. The third-order valence-corrected chi connectivity index (χ3v) is 2.59. The Labute approximate surface area is 108 Å². The van der Waals surface area contributed by atoms with Gasteiger partial charge in [-0.1, -0.05) is 0 Å². The summed E-state index contributed by atoms with van der Waals surface area (Å²) in [6, 6.07) is 1.82. The summed E-state index contributed by atoms with van der Waals surface area (Å²) >= 11 is 2.84. The number of rotatable bonds is 3. The third-order valence-electron chi connectivity index (χ3n) is 1.98. The molecule has 94 valence electrons. The Bertz CT molecular complexity index is 575. The molecule has 2 aromatic rings. The molecular weight excluding hydrogens is 312 g/mol. The summed E-state index contributed by atoms with van der Waals surface area (Å²) in [4.78, 5) is 11.5. The fourth-order valence-corrected chi connectivity index (χ4v) is 1.52. The van der Waals surface area contributed by atoms with Gasteiger partial charge in [-0.3, -0.25) is 4.79 Å². The molecule has 9 heteroatoms. The Morgan fingerprint density at radius 1 is 1.39 bits per heavy atom. The van der Waals surface area contributed by atoms with Gasteiger partial charge in [0.1, 0.15) is 24.5 Å². The van der Waals surface area contributed by atoms with Crippen molar-refractivity contribution in [3.63, 3.8) is 0 Å². The van der Waals surface area contributed by atoms with Crippen molar-refractivity contribution in [1.82, 2.24) is 20.2 Å². The fourth-order valence-electron chi connectivity index (χ4n) is 1.21. The SMILES string of the molecule is O=C(Cn1cnnn1)Nc1cc(F)c(Br)cc1F. The molecule has 0 saturated heterocycles. The number of hydrogen-bond acceptors (Lipinski definition) is 4. The van der Waals surface area contributed by atoms with Crippen molar-refractivity contribution in [2.75, 3.05) is 5.32 Å². The van der Waals surface area contributed by atoms with Crippen LogP contribution in [-0.2, 0) is 11.3 Å². The first-order valence-electron chi connectivity index (χ1n) is 4.71. The van der Waals surface area contributed by atoms with Crippen LogP contribution in [0.2, 0.25) is 0 Å². The predicted molar refractivity (Wildman–Crippen MR) is 60.5 cm³/mol. The Hall–Kier alpha value is -1.90. The minimum absolute atomic E-state index is 0.0153. The van der Waals surface area contributed by atoms with Gasteiger partial charge in [-0.15, -0.1) is 5.10 Å². The van der Waals surface area contributed by atoms with Crippen molar-refractivity contribution in [2.45, 2.75) is 6.54 Å². The molecular formula is C9H6BrF2N5O. The number of hydrogen-bond donors (Lipinski definition) is 1. The number of halogens is 3. The lowest BCUT2D eigenvalue weighted by Crippen LogP contribution is -2.20. The van der Waals surface area contributed by atoms with Crippen molar-refractivity contribution in [1.29, 1.82) is 0 Å². The summed E-state index contributed by atoms with van der Waals surface area (Å²) in [7, 11) is 0. The lowest BCUT2D eigenvalue weighted by atomic mass is 10.3. The molecule has 0 aliphatic rings. The first-order chi connectivity index (χ1) is 8.56. The Morgan fingerprint density at radius 2 is 2.17 bits per heavy atom. The van der Waals surface area contributed by atoms with E-state index in [0.29, 0.717) is 0 Å². The summed E-state index contributed by atoms with van der Waals surface area (Å²) in [5.41, 5.74) is -0.242. The number of amides is 1. The number of carbonyl (C=O) groups is 1. The molecule has 0 radical (unpaired) electrons. The van der Waals surface area contributed by atoms with Gasteiger partial charge in [0, 0.05) is 6.07 Å². The Balaban J connectivity index is 2.09. The van der Waals surface area contributed by atoms with E-state index in [-0.39, 0.29) is 16.7 Å². The van der Waals surface area contributed by atoms with Crippen LogP contribution in [0.15, 0.2) is 22.9 Å². The van der Waals surface area contributed by atoms with E-state index in [1.54, 1.807) is 0 Å². The van der Waals surface area contributed by atoms with E-state index in [4.69, 9.17) is 0 Å². The van der Waals surface area contributed by atoms with Gasteiger partial charge in [0.15, 0.2) is 0 Å². The second kappa shape index (κ2) is 5.17. The highest BCUT2D eigenvalue weighted by molar-refractivity contribution is 9.10. The molecule has 0 bridgehead atoms. The lowest BCUT2D eigenvalue weighted by molar-refractivity contribution is -0.117. The first-order valence-corrected chi connectivity index (χ1v) is 5.50. The maximum Gasteiger partial charge on any atom is 0.246 e. The van der Waals surface area contributed by atoms with E-state index in [2.05, 4.69) is 36.8 Å². The molecule has 0 aliphatic carbocycles. The molecule has 0 unspecified atom stereocenters. The molecule has 1 N–H and O–H groups in total. The van der Waals surface area contributed by atoms with Crippen molar-refractivity contribution in [2.24, 2.45) is 0 Å². The molecule has 1 amide bonds.